The first-order valence-electron chi connectivity index (χ1n) is 6.90. The number of amidine groups is 1. The second-order valence-electron chi connectivity index (χ2n) is 5.24. The first-order valence-corrected chi connectivity index (χ1v) is 8.88. The molecule has 0 aromatic heterocycles. The van der Waals surface area contributed by atoms with Crippen LogP contribution in [-0.2, 0) is 10.0 Å². The number of fused-ring (bicyclic) bond motifs is 1. The number of benzene rings is 1. The van der Waals surface area contributed by atoms with Gasteiger partial charge in [0.2, 0.25) is 0 Å². The highest BCUT2D eigenvalue weighted by Crippen LogP contribution is 2.30. The van der Waals surface area contributed by atoms with Gasteiger partial charge in [0.1, 0.15) is 4.90 Å². The van der Waals surface area contributed by atoms with Gasteiger partial charge < -0.3 is 4.90 Å². The van der Waals surface area contributed by atoms with Crippen LogP contribution in [0.4, 0.5) is 0 Å². The molecule has 1 atom stereocenters. The monoisotopic (exact) mass is 312 g/mol. The minimum Gasteiger partial charge on any atom is -0.351 e. The van der Waals surface area contributed by atoms with E-state index in [1.54, 1.807) is 12.1 Å². The number of sulfonamides is 1. The summed E-state index contributed by atoms with van der Waals surface area (Å²) in [6.45, 7) is 0.820. The third kappa shape index (κ3) is 2.33. The fourth-order valence-corrected chi connectivity index (χ4v) is 4.45. The molecule has 1 aromatic carbocycles. The van der Waals surface area contributed by atoms with Crippen LogP contribution in [0.15, 0.2) is 33.6 Å². The Hall–Kier alpha value is -1.07. The van der Waals surface area contributed by atoms with Crippen LogP contribution >= 0.6 is 11.6 Å². The van der Waals surface area contributed by atoms with Crippen LogP contribution < -0.4 is 0 Å². The molecular weight excluding hydrogens is 296 g/mol. The van der Waals surface area contributed by atoms with Gasteiger partial charge in [-0.25, -0.2) is 0 Å². The zero-order chi connectivity index (χ0) is 14.2. The van der Waals surface area contributed by atoms with Crippen LogP contribution in [0.25, 0.3) is 0 Å². The molecule has 108 valence electrons. The second kappa shape index (κ2) is 5.37. The molecule has 4 nitrogen and oxygen atoms in total. The van der Waals surface area contributed by atoms with E-state index >= 15 is 0 Å². The Bertz CT molecular complexity index is 642. The molecule has 1 unspecified atom stereocenters. The fraction of sp³-hybridized carbons (Fsp3) is 0.500. The van der Waals surface area contributed by atoms with Crippen molar-refractivity contribution in [1.82, 2.24) is 4.90 Å². The first kappa shape index (κ1) is 13.9. The van der Waals surface area contributed by atoms with E-state index in [-0.39, 0.29) is 6.04 Å². The lowest BCUT2D eigenvalue weighted by atomic mass is 10.1. The molecule has 0 saturated carbocycles. The van der Waals surface area contributed by atoms with Crippen molar-refractivity contribution in [2.75, 3.05) is 12.4 Å². The molecular formula is C14H17ClN2O2S. The van der Waals surface area contributed by atoms with E-state index in [1.165, 1.54) is 0 Å². The molecule has 1 fully saturated rings. The van der Waals surface area contributed by atoms with Crippen LogP contribution in [-0.4, -0.2) is 37.6 Å². The number of nitrogens with zero attached hydrogens (tertiary/aromatic N) is 2. The van der Waals surface area contributed by atoms with Gasteiger partial charge in [-0.3, -0.25) is 0 Å². The van der Waals surface area contributed by atoms with Crippen LogP contribution in [0.2, 0.25) is 0 Å². The lowest BCUT2D eigenvalue weighted by Crippen LogP contribution is -2.41. The summed E-state index contributed by atoms with van der Waals surface area (Å²) in [5.41, 5.74) is 0.713. The van der Waals surface area contributed by atoms with Crippen LogP contribution in [0.1, 0.15) is 31.2 Å². The van der Waals surface area contributed by atoms with E-state index in [9.17, 15) is 8.42 Å². The van der Waals surface area contributed by atoms with E-state index in [1.807, 2.05) is 12.1 Å². The minimum atomic E-state index is -3.54. The molecule has 0 aliphatic carbocycles. The van der Waals surface area contributed by atoms with E-state index in [4.69, 9.17) is 11.6 Å². The maximum absolute atomic E-state index is 12.1. The van der Waals surface area contributed by atoms with Crippen molar-refractivity contribution in [1.29, 1.82) is 0 Å². The summed E-state index contributed by atoms with van der Waals surface area (Å²) in [5.74, 6) is 1.08. The van der Waals surface area contributed by atoms with Crippen molar-refractivity contribution in [3.63, 3.8) is 0 Å². The molecule has 0 N–H and O–H groups in total. The summed E-state index contributed by atoms with van der Waals surface area (Å²) in [7, 11) is -3.54. The van der Waals surface area contributed by atoms with Gasteiger partial charge >= 0.3 is 0 Å². The average Bonchev–Trinajstić information content (AvgIpc) is 2.62. The lowest BCUT2D eigenvalue weighted by Gasteiger charge is -2.30. The maximum Gasteiger partial charge on any atom is 0.285 e. The number of alkyl halides is 1. The molecule has 3 rings (SSSR count). The second-order valence-corrected chi connectivity index (χ2v) is 7.12. The molecule has 6 heteroatoms. The summed E-state index contributed by atoms with van der Waals surface area (Å²) < 4.78 is 28.3. The van der Waals surface area contributed by atoms with Crippen molar-refractivity contribution in [3.8, 4) is 0 Å². The Kier molecular flexibility index (Phi) is 3.73. The van der Waals surface area contributed by atoms with Crippen molar-refractivity contribution in [3.05, 3.63) is 29.8 Å². The van der Waals surface area contributed by atoms with Gasteiger partial charge in [0, 0.05) is 24.0 Å². The lowest BCUT2D eigenvalue weighted by molar-refractivity contribution is 0.341. The van der Waals surface area contributed by atoms with E-state index in [0.29, 0.717) is 22.2 Å². The standard InChI is InChI=1S/C14H17ClN2O2S/c15-10-11-6-2-1-5-9-17(11)14-12-7-3-4-8-13(12)20(18,19)16-14/h3-4,7-8,11H,1-2,5-6,9-10H2. The van der Waals surface area contributed by atoms with Crippen molar-refractivity contribution >= 4 is 27.5 Å². The van der Waals surface area contributed by atoms with Gasteiger partial charge in [0.25, 0.3) is 10.0 Å². The highest BCUT2D eigenvalue weighted by molar-refractivity contribution is 7.90. The van der Waals surface area contributed by atoms with Gasteiger partial charge in [0.15, 0.2) is 5.84 Å². The average molecular weight is 313 g/mol. The van der Waals surface area contributed by atoms with E-state index < -0.39 is 10.0 Å². The van der Waals surface area contributed by atoms with E-state index in [2.05, 4.69) is 9.30 Å². The third-order valence-electron chi connectivity index (χ3n) is 3.94. The van der Waals surface area contributed by atoms with Crippen molar-refractivity contribution in [2.45, 2.75) is 36.6 Å². The molecule has 1 aromatic rings. The maximum atomic E-state index is 12.1. The largest absolute Gasteiger partial charge is 0.351 e. The van der Waals surface area contributed by atoms with Crippen LogP contribution in [0.3, 0.4) is 0 Å². The number of hydrogen-bond acceptors (Lipinski definition) is 3. The van der Waals surface area contributed by atoms with Gasteiger partial charge in [-0.1, -0.05) is 25.0 Å². The van der Waals surface area contributed by atoms with Crippen LogP contribution in [0.5, 0.6) is 0 Å². The predicted octanol–water partition coefficient (Wildman–Crippen LogP) is 2.62. The SMILES string of the molecule is O=S1(=O)N=C(N2CCCCCC2CCl)c2ccccc21. The predicted molar refractivity (Wildman–Crippen MR) is 79.8 cm³/mol. The fourth-order valence-electron chi connectivity index (χ4n) is 2.91. The zero-order valence-corrected chi connectivity index (χ0v) is 12.7. The normalized spacial score (nSPS) is 24.9. The highest BCUT2D eigenvalue weighted by atomic mass is 35.5. The Labute approximate surface area is 124 Å². The van der Waals surface area contributed by atoms with Gasteiger partial charge in [-0.2, -0.15) is 8.42 Å². The van der Waals surface area contributed by atoms with Gasteiger partial charge in [0.05, 0.1) is 0 Å². The number of rotatable bonds is 1. The summed E-state index contributed by atoms with van der Waals surface area (Å²) in [4.78, 5) is 2.40. The molecule has 2 aliphatic rings. The van der Waals surface area contributed by atoms with Gasteiger partial charge in [-0.05, 0) is 25.0 Å². The topological polar surface area (TPSA) is 49.7 Å². The number of likely N-dealkylation sites (tertiary alicyclic amines) is 1. The Balaban J connectivity index is 2.05. The Morgan fingerprint density at radius 2 is 2.05 bits per heavy atom. The molecule has 2 aliphatic heterocycles. The quantitative estimate of drug-likeness (QED) is 0.749. The summed E-state index contributed by atoms with van der Waals surface area (Å²) in [6, 6.07) is 7.20. The summed E-state index contributed by atoms with van der Waals surface area (Å²) in [6.07, 6.45) is 4.33. The first-order chi connectivity index (χ1) is 9.63. The smallest absolute Gasteiger partial charge is 0.285 e. The minimum absolute atomic E-state index is 0.166. The van der Waals surface area contributed by atoms with Crippen molar-refractivity contribution < 1.29 is 8.42 Å². The third-order valence-corrected chi connectivity index (χ3v) is 5.62. The van der Waals surface area contributed by atoms with E-state index in [0.717, 1.165) is 32.2 Å². The zero-order valence-electron chi connectivity index (χ0n) is 11.1. The Morgan fingerprint density at radius 1 is 1.25 bits per heavy atom. The summed E-state index contributed by atoms with van der Waals surface area (Å²) >= 11 is 6.08. The molecule has 1 saturated heterocycles. The molecule has 2 heterocycles. The van der Waals surface area contributed by atoms with Gasteiger partial charge in [-0.15, -0.1) is 16.0 Å². The number of hydrogen-bond donors (Lipinski definition) is 0. The Morgan fingerprint density at radius 3 is 2.85 bits per heavy atom. The van der Waals surface area contributed by atoms with Crippen LogP contribution in [0, 0.1) is 0 Å². The summed E-state index contributed by atoms with van der Waals surface area (Å²) in [5, 5.41) is 0. The molecule has 0 spiro atoms. The molecule has 20 heavy (non-hydrogen) atoms. The molecule has 0 amide bonds. The highest BCUT2D eigenvalue weighted by Gasteiger charge is 2.34. The molecule has 0 bridgehead atoms. The number of halogens is 1. The van der Waals surface area contributed by atoms with Crippen molar-refractivity contribution in [2.24, 2.45) is 4.40 Å². The molecule has 0 radical (unpaired) electrons.